The molecular formula is C24H26N6O3S. The summed E-state index contributed by atoms with van der Waals surface area (Å²) < 4.78 is 11.5. The Morgan fingerprint density at radius 2 is 2.24 bits per heavy atom. The molecule has 0 aliphatic carbocycles. The number of Topliss-reactive ketones (excluding diaryl/α,β-unsaturated/α-hetero) is 1. The maximum atomic E-state index is 13.1. The quantitative estimate of drug-likeness (QED) is 0.529. The largest absolute Gasteiger partial charge is 0.493 e. The topological polar surface area (TPSA) is 140 Å². The molecule has 0 radical (unpaired) electrons. The van der Waals surface area contributed by atoms with E-state index in [1.54, 1.807) is 13.3 Å². The van der Waals surface area contributed by atoms with Crippen molar-refractivity contribution < 1.29 is 14.3 Å². The molecule has 10 heteroatoms. The third-order valence-electron chi connectivity index (χ3n) is 6.52. The number of nitrogen functional groups attached to an aromatic ring is 1. The van der Waals surface area contributed by atoms with Crippen LogP contribution in [0.5, 0.6) is 5.75 Å². The van der Waals surface area contributed by atoms with Crippen LogP contribution in [-0.2, 0) is 11.2 Å². The van der Waals surface area contributed by atoms with Crippen LogP contribution in [0.1, 0.15) is 32.9 Å². The summed E-state index contributed by atoms with van der Waals surface area (Å²) in [5.41, 5.74) is 16.4. The summed E-state index contributed by atoms with van der Waals surface area (Å²) >= 11 is 1.29. The van der Waals surface area contributed by atoms with E-state index < -0.39 is 0 Å². The Morgan fingerprint density at radius 3 is 2.97 bits per heavy atom. The monoisotopic (exact) mass is 478 g/mol. The number of aromatic nitrogens is 2. The van der Waals surface area contributed by atoms with Crippen molar-refractivity contribution in [3.05, 3.63) is 40.0 Å². The van der Waals surface area contributed by atoms with Gasteiger partial charge in [-0.3, -0.25) is 4.79 Å². The SMILES string of the molecule is CO[C@H]1CN(c2cc3c(cc2C#N)C[C@@H](CC(=O)c2sc4nc(C)cnc4c2N)CO3)C[C@@H]1N. The highest BCUT2D eigenvalue weighted by Gasteiger charge is 2.33. The predicted octanol–water partition coefficient (Wildman–Crippen LogP) is 2.44. The van der Waals surface area contributed by atoms with E-state index >= 15 is 0 Å². The Kier molecular flexibility index (Phi) is 5.85. The van der Waals surface area contributed by atoms with Gasteiger partial charge in [-0.15, -0.1) is 11.3 Å². The lowest BCUT2D eigenvalue weighted by atomic mass is 9.90. The summed E-state index contributed by atoms with van der Waals surface area (Å²) in [4.78, 5) is 25.1. The number of hydrogen-bond acceptors (Lipinski definition) is 10. The van der Waals surface area contributed by atoms with Crippen LogP contribution in [0.25, 0.3) is 10.3 Å². The molecule has 3 atom stereocenters. The minimum atomic E-state index is -0.112. The van der Waals surface area contributed by atoms with Gasteiger partial charge >= 0.3 is 0 Å². The lowest BCUT2D eigenvalue weighted by molar-refractivity contribution is 0.0939. The van der Waals surface area contributed by atoms with Crippen LogP contribution in [0.3, 0.4) is 0 Å². The molecule has 2 aromatic heterocycles. The third kappa shape index (κ3) is 3.96. The Balaban J connectivity index is 1.34. The molecule has 5 rings (SSSR count). The summed E-state index contributed by atoms with van der Waals surface area (Å²) in [5.74, 6) is 0.700. The molecule has 0 spiro atoms. The van der Waals surface area contributed by atoms with E-state index in [4.69, 9.17) is 20.9 Å². The second kappa shape index (κ2) is 8.83. The van der Waals surface area contributed by atoms with E-state index in [9.17, 15) is 10.1 Å². The first-order valence-electron chi connectivity index (χ1n) is 11.2. The number of carbonyl (C=O) groups excluding carboxylic acids is 1. The first kappa shape index (κ1) is 22.5. The van der Waals surface area contributed by atoms with E-state index in [1.807, 2.05) is 19.1 Å². The molecule has 0 amide bonds. The Hall–Kier alpha value is -3.26. The molecule has 9 nitrogen and oxygen atoms in total. The molecule has 3 aromatic rings. The number of methoxy groups -OCH3 is 1. The summed E-state index contributed by atoms with van der Waals surface area (Å²) in [5, 5.41) is 9.79. The molecule has 0 bridgehead atoms. The van der Waals surface area contributed by atoms with Gasteiger partial charge in [0.05, 0.1) is 46.3 Å². The maximum Gasteiger partial charge on any atom is 0.175 e. The Bertz CT molecular complexity index is 1320. The average molecular weight is 479 g/mol. The van der Waals surface area contributed by atoms with Gasteiger partial charge in [0.15, 0.2) is 5.78 Å². The number of thiophene rings is 1. The Labute approximate surface area is 201 Å². The maximum absolute atomic E-state index is 13.1. The van der Waals surface area contributed by atoms with Crippen LogP contribution < -0.4 is 21.1 Å². The average Bonchev–Trinajstić information content (AvgIpc) is 3.37. The van der Waals surface area contributed by atoms with Gasteiger partial charge < -0.3 is 25.8 Å². The zero-order valence-corrected chi connectivity index (χ0v) is 19.9. The first-order chi connectivity index (χ1) is 16.4. The number of nitrogens with two attached hydrogens (primary N) is 2. The number of fused-ring (bicyclic) bond motifs is 2. The van der Waals surface area contributed by atoms with Crippen molar-refractivity contribution in [2.45, 2.75) is 31.9 Å². The molecule has 0 unspecified atom stereocenters. The molecule has 34 heavy (non-hydrogen) atoms. The van der Waals surface area contributed by atoms with Crippen molar-refractivity contribution in [1.82, 2.24) is 9.97 Å². The minimum Gasteiger partial charge on any atom is -0.493 e. The van der Waals surface area contributed by atoms with Crippen molar-refractivity contribution in [2.75, 3.05) is 37.4 Å². The van der Waals surface area contributed by atoms with Crippen molar-refractivity contribution in [2.24, 2.45) is 11.7 Å². The molecule has 0 saturated carbocycles. The molecule has 2 aliphatic heterocycles. The highest BCUT2D eigenvalue weighted by Crippen LogP contribution is 2.38. The fraction of sp³-hybridized carbons (Fsp3) is 0.417. The van der Waals surface area contributed by atoms with E-state index in [-0.39, 0.29) is 23.8 Å². The van der Waals surface area contributed by atoms with E-state index in [0.717, 1.165) is 22.7 Å². The normalized spacial score (nSPS) is 21.8. The van der Waals surface area contributed by atoms with E-state index in [1.165, 1.54) is 11.3 Å². The van der Waals surface area contributed by atoms with Crippen LogP contribution in [0.15, 0.2) is 18.3 Å². The van der Waals surface area contributed by atoms with Gasteiger partial charge in [0.1, 0.15) is 22.2 Å². The number of benzene rings is 1. The van der Waals surface area contributed by atoms with Crippen LogP contribution >= 0.6 is 11.3 Å². The van der Waals surface area contributed by atoms with Crippen LogP contribution in [0, 0.1) is 24.2 Å². The number of hydrogen-bond donors (Lipinski definition) is 2. The Morgan fingerprint density at radius 1 is 1.41 bits per heavy atom. The highest BCUT2D eigenvalue weighted by atomic mass is 32.1. The number of aryl methyl sites for hydroxylation is 1. The van der Waals surface area contributed by atoms with Gasteiger partial charge in [-0.25, -0.2) is 9.97 Å². The zero-order chi connectivity index (χ0) is 24.0. The van der Waals surface area contributed by atoms with Gasteiger partial charge in [-0.05, 0) is 25.0 Å². The van der Waals surface area contributed by atoms with Crippen LogP contribution in [0.2, 0.25) is 0 Å². The lowest BCUT2D eigenvalue weighted by Crippen LogP contribution is -2.34. The van der Waals surface area contributed by atoms with Gasteiger partial charge in [-0.1, -0.05) is 0 Å². The molecule has 2 aliphatic rings. The fourth-order valence-corrected chi connectivity index (χ4v) is 5.79. The summed E-state index contributed by atoms with van der Waals surface area (Å²) in [6.07, 6.45) is 2.53. The van der Waals surface area contributed by atoms with Gasteiger partial charge in [-0.2, -0.15) is 5.26 Å². The number of rotatable bonds is 5. The van der Waals surface area contributed by atoms with Crippen LogP contribution in [-0.4, -0.2) is 54.7 Å². The van der Waals surface area contributed by atoms with Crippen molar-refractivity contribution in [1.29, 1.82) is 5.26 Å². The van der Waals surface area contributed by atoms with E-state index in [2.05, 4.69) is 20.9 Å². The minimum absolute atomic E-state index is 0.0114. The highest BCUT2D eigenvalue weighted by molar-refractivity contribution is 7.21. The molecule has 1 saturated heterocycles. The molecule has 1 aromatic carbocycles. The lowest BCUT2D eigenvalue weighted by Gasteiger charge is -2.28. The van der Waals surface area contributed by atoms with Crippen molar-refractivity contribution in [3.63, 3.8) is 0 Å². The second-order valence-corrected chi connectivity index (χ2v) is 9.95. The predicted molar refractivity (Wildman–Crippen MR) is 130 cm³/mol. The van der Waals surface area contributed by atoms with Gasteiger partial charge in [0, 0.05) is 44.8 Å². The molecule has 1 fully saturated rings. The number of ether oxygens (including phenoxy) is 2. The molecule has 4 N–H and O–H groups in total. The fourth-order valence-electron chi connectivity index (χ4n) is 4.75. The van der Waals surface area contributed by atoms with Crippen molar-refractivity contribution >= 4 is 38.8 Å². The van der Waals surface area contributed by atoms with Gasteiger partial charge in [0.2, 0.25) is 0 Å². The number of anilines is 2. The standard InChI is InChI=1S/C24H26N6O3S/c1-12-8-28-22-21(27)23(34-24(22)29-12)18(31)4-13-3-14-5-15(7-25)17(6-19(14)33-11-13)30-9-16(26)20(10-30)32-2/h5-6,8,13,16,20H,3-4,9-11,26-27H2,1-2H3/t13-,16-,20-/m0/s1. The van der Waals surface area contributed by atoms with E-state index in [0.29, 0.717) is 59.0 Å². The zero-order valence-electron chi connectivity index (χ0n) is 19.1. The second-order valence-electron chi connectivity index (χ2n) is 8.95. The molecule has 176 valence electrons. The first-order valence-corrected chi connectivity index (χ1v) is 12.0. The smallest absolute Gasteiger partial charge is 0.175 e. The number of nitriles is 1. The molecular weight excluding hydrogens is 452 g/mol. The third-order valence-corrected chi connectivity index (χ3v) is 7.65. The number of nitrogens with zero attached hydrogens (tertiary/aromatic N) is 4. The number of carbonyl (C=O) groups is 1. The summed E-state index contributed by atoms with van der Waals surface area (Å²) in [6, 6.07) is 5.98. The van der Waals surface area contributed by atoms with Gasteiger partial charge in [0.25, 0.3) is 0 Å². The number of ketones is 1. The summed E-state index contributed by atoms with van der Waals surface area (Å²) in [7, 11) is 1.65. The van der Waals surface area contributed by atoms with Crippen LogP contribution in [0.4, 0.5) is 11.4 Å². The summed E-state index contributed by atoms with van der Waals surface area (Å²) in [6.45, 7) is 3.52. The molecule has 4 heterocycles. The van der Waals surface area contributed by atoms with Crippen molar-refractivity contribution in [3.8, 4) is 11.8 Å².